The summed E-state index contributed by atoms with van der Waals surface area (Å²) in [5.41, 5.74) is 0.396. The second-order valence-corrected chi connectivity index (χ2v) is 4.21. The first-order chi connectivity index (χ1) is 7.63. The van der Waals surface area contributed by atoms with Gasteiger partial charge in [0.1, 0.15) is 0 Å². The van der Waals surface area contributed by atoms with Crippen molar-refractivity contribution >= 4 is 34.1 Å². The Morgan fingerprint density at radius 3 is 2.69 bits per heavy atom. The second-order valence-electron chi connectivity index (χ2n) is 3.37. The van der Waals surface area contributed by atoms with Crippen molar-refractivity contribution in [2.24, 2.45) is 0 Å². The molecule has 0 aliphatic rings. The maximum absolute atomic E-state index is 11.7. The first-order valence-corrected chi connectivity index (χ1v) is 5.48. The van der Waals surface area contributed by atoms with Crippen LogP contribution in [0.3, 0.4) is 0 Å². The molecule has 0 saturated heterocycles. The van der Waals surface area contributed by atoms with Crippen molar-refractivity contribution in [3.8, 4) is 0 Å². The highest BCUT2D eigenvalue weighted by atomic mass is 35.5. The van der Waals surface area contributed by atoms with E-state index in [2.05, 4.69) is 0 Å². The summed E-state index contributed by atoms with van der Waals surface area (Å²) in [6, 6.07) is 6.48. The molecule has 0 aliphatic heterocycles. The van der Waals surface area contributed by atoms with E-state index in [0.717, 1.165) is 5.39 Å². The number of fused-ring (bicyclic) bond motifs is 1. The molecule has 2 aromatic rings. The van der Waals surface area contributed by atoms with Crippen LogP contribution in [0.15, 0.2) is 29.1 Å². The molecule has 84 valence electrons. The molecule has 0 amide bonds. The van der Waals surface area contributed by atoms with Crippen molar-refractivity contribution in [1.82, 2.24) is 4.57 Å². The van der Waals surface area contributed by atoms with Crippen LogP contribution in [0, 0.1) is 0 Å². The molecule has 1 aromatic carbocycles. The van der Waals surface area contributed by atoms with Gasteiger partial charge in [-0.15, -0.1) is 0 Å². The average molecular weight is 258 g/mol. The van der Waals surface area contributed by atoms with Gasteiger partial charge in [-0.3, -0.25) is 4.79 Å². The second kappa shape index (κ2) is 4.45. The molecule has 16 heavy (non-hydrogen) atoms. The molecular weight excluding hydrogens is 249 g/mol. The van der Waals surface area contributed by atoms with E-state index in [0.29, 0.717) is 15.6 Å². The van der Waals surface area contributed by atoms with E-state index in [-0.39, 0.29) is 18.7 Å². The maximum Gasteiger partial charge on any atom is 0.252 e. The standard InChI is InChI=1S/C11H9Cl2NO2/c12-7-1-2-8-9(13)6-11(16)14(3-4-15)10(8)5-7/h1-2,5-6,15H,3-4H2. The number of aliphatic hydroxyl groups excluding tert-OH is 1. The maximum atomic E-state index is 11.7. The van der Waals surface area contributed by atoms with E-state index in [1.807, 2.05) is 0 Å². The summed E-state index contributed by atoms with van der Waals surface area (Å²) in [6.45, 7) is 0.121. The molecule has 3 nitrogen and oxygen atoms in total. The van der Waals surface area contributed by atoms with E-state index in [4.69, 9.17) is 28.3 Å². The van der Waals surface area contributed by atoms with Crippen molar-refractivity contribution in [1.29, 1.82) is 0 Å². The van der Waals surface area contributed by atoms with Gasteiger partial charge in [0.25, 0.3) is 5.56 Å². The van der Waals surface area contributed by atoms with Crippen LogP contribution in [-0.2, 0) is 6.54 Å². The van der Waals surface area contributed by atoms with Crippen LogP contribution < -0.4 is 5.56 Å². The predicted octanol–water partition coefficient (Wildman–Crippen LogP) is 2.30. The Balaban J connectivity index is 2.86. The molecule has 1 heterocycles. The topological polar surface area (TPSA) is 42.2 Å². The van der Waals surface area contributed by atoms with Crippen LogP contribution in [0.25, 0.3) is 10.9 Å². The lowest BCUT2D eigenvalue weighted by Gasteiger charge is -2.09. The minimum Gasteiger partial charge on any atom is -0.395 e. The van der Waals surface area contributed by atoms with Crippen LogP contribution in [-0.4, -0.2) is 16.3 Å². The van der Waals surface area contributed by atoms with Crippen molar-refractivity contribution in [2.45, 2.75) is 6.54 Å². The van der Waals surface area contributed by atoms with Crippen molar-refractivity contribution in [3.05, 3.63) is 44.7 Å². The van der Waals surface area contributed by atoms with Crippen molar-refractivity contribution in [2.75, 3.05) is 6.61 Å². The summed E-state index contributed by atoms with van der Waals surface area (Å²) < 4.78 is 1.45. The van der Waals surface area contributed by atoms with Gasteiger partial charge in [-0.2, -0.15) is 0 Å². The highest BCUT2D eigenvalue weighted by Gasteiger charge is 2.07. The van der Waals surface area contributed by atoms with Crippen LogP contribution in [0.2, 0.25) is 10.0 Å². The largest absolute Gasteiger partial charge is 0.395 e. The van der Waals surface area contributed by atoms with Crippen LogP contribution in [0.1, 0.15) is 0 Å². The van der Waals surface area contributed by atoms with Gasteiger partial charge >= 0.3 is 0 Å². The van der Waals surface area contributed by atoms with E-state index in [1.54, 1.807) is 18.2 Å². The third kappa shape index (κ3) is 1.94. The summed E-state index contributed by atoms with van der Waals surface area (Å²) in [6.07, 6.45) is 0. The van der Waals surface area contributed by atoms with E-state index >= 15 is 0 Å². The number of aromatic nitrogens is 1. The van der Waals surface area contributed by atoms with E-state index in [9.17, 15) is 4.79 Å². The molecule has 0 fully saturated rings. The molecule has 0 saturated carbocycles. The molecule has 1 N–H and O–H groups in total. The molecule has 2 rings (SSSR count). The van der Waals surface area contributed by atoms with Crippen molar-refractivity contribution < 1.29 is 5.11 Å². The van der Waals surface area contributed by atoms with Gasteiger partial charge in [-0.05, 0) is 18.2 Å². The van der Waals surface area contributed by atoms with Gasteiger partial charge in [-0.25, -0.2) is 0 Å². The average Bonchev–Trinajstić information content (AvgIpc) is 2.23. The number of hydrogen-bond acceptors (Lipinski definition) is 2. The number of halogens is 2. The van der Waals surface area contributed by atoms with E-state index in [1.165, 1.54) is 10.6 Å². The fourth-order valence-electron chi connectivity index (χ4n) is 1.64. The summed E-state index contributed by atoms with van der Waals surface area (Å²) in [5, 5.41) is 10.6. The quantitative estimate of drug-likeness (QED) is 0.898. The lowest BCUT2D eigenvalue weighted by Crippen LogP contribution is -2.21. The van der Waals surface area contributed by atoms with Gasteiger partial charge in [-0.1, -0.05) is 23.2 Å². The molecule has 0 atom stereocenters. The third-order valence-corrected chi connectivity index (χ3v) is 2.90. The summed E-state index contributed by atoms with van der Waals surface area (Å²) in [5.74, 6) is 0. The number of aliphatic hydroxyl groups is 1. The summed E-state index contributed by atoms with van der Waals surface area (Å²) in [7, 11) is 0. The molecule has 0 radical (unpaired) electrons. The molecule has 1 aromatic heterocycles. The minimum absolute atomic E-state index is 0.108. The monoisotopic (exact) mass is 257 g/mol. The Labute approximate surface area is 102 Å². The number of nitrogens with zero attached hydrogens (tertiary/aromatic N) is 1. The Morgan fingerprint density at radius 1 is 1.25 bits per heavy atom. The lowest BCUT2D eigenvalue weighted by molar-refractivity contribution is 0.276. The highest BCUT2D eigenvalue weighted by Crippen LogP contribution is 2.24. The smallest absolute Gasteiger partial charge is 0.252 e. The zero-order valence-corrected chi connectivity index (χ0v) is 9.79. The number of hydrogen-bond donors (Lipinski definition) is 1. The summed E-state index contributed by atoms with van der Waals surface area (Å²) in [4.78, 5) is 11.7. The van der Waals surface area contributed by atoms with Crippen molar-refractivity contribution in [3.63, 3.8) is 0 Å². The highest BCUT2D eigenvalue weighted by molar-refractivity contribution is 6.36. The Kier molecular flexibility index (Phi) is 3.19. The van der Waals surface area contributed by atoms with Crippen LogP contribution in [0.4, 0.5) is 0 Å². The minimum atomic E-state index is -0.242. The van der Waals surface area contributed by atoms with Gasteiger partial charge in [0, 0.05) is 23.0 Å². The normalized spacial score (nSPS) is 10.9. The zero-order valence-electron chi connectivity index (χ0n) is 8.28. The molecule has 0 bridgehead atoms. The van der Waals surface area contributed by atoms with Gasteiger partial charge in [0.05, 0.1) is 17.1 Å². The third-order valence-electron chi connectivity index (χ3n) is 2.35. The summed E-state index contributed by atoms with van der Waals surface area (Å²) >= 11 is 11.8. The fourth-order valence-corrected chi connectivity index (χ4v) is 2.06. The number of benzene rings is 1. The Morgan fingerprint density at radius 2 is 2.00 bits per heavy atom. The molecule has 5 heteroatoms. The molecule has 0 aliphatic carbocycles. The van der Waals surface area contributed by atoms with E-state index < -0.39 is 0 Å². The van der Waals surface area contributed by atoms with Crippen LogP contribution in [0.5, 0.6) is 0 Å². The molecule has 0 spiro atoms. The number of pyridine rings is 1. The number of rotatable bonds is 2. The zero-order chi connectivity index (χ0) is 11.7. The SMILES string of the molecule is O=c1cc(Cl)c2ccc(Cl)cc2n1CCO. The lowest BCUT2D eigenvalue weighted by atomic mass is 10.2. The van der Waals surface area contributed by atoms with Gasteiger partial charge in [0.15, 0.2) is 0 Å². The van der Waals surface area contributed by atoms with Gasteiger partial charge in [0.2, 0.25) is 0 Å². The molecule has 0 unspecified atom stereocenters. The fraction of sp³-hybridized carbons (Fsp3) is 0.182. The molecular formula is C11H9Cl2NO2. The van der Waals surface area contributed by atoms with Gasteiger partial charge < -0.3 is 9.67 Å². The van der Waals surface area contributed by atoms with Crippen LogP contribution >= 0.6 is 23.2 Å². The first-order valence-electron chi connectivity index (χ1n) is 4.73. The predicted molar refractivity (Wildman–Crippen MR) is 65.3 cm³/mol. The Bertz CT molecular complexity index is 592. The first kappa shape index (κ1) is 11.5. The Hall–Kier alpha value is -1.03.